The molecule has 9 nitrogen and oxygen atoms in total. The van der Waals surface area contributed by atoms with Crippen LogP contribution in [-0.2, 0) is 4.74 Å². The van der Waals surface area contributed by atoms with E-state index in [0.717, 1.165) is 35.0 Å². The predicted octanol–water partition coefficient (Wildman–Crippen LogP) is 4.70. The van der Waals surface area contributed by atoms with E-state index in [2.05, 4.69) is 21.2 Å². The van der Waals surface area contributed by atoms with E-state index in [0.29, 0.717) is 56.3 Å². The highest BCUT2D eigenvalue weighted by Gasteiger charge is 2.42. The summed E-state index contributed by atoms with van der Waals surface area (Å²) in [6.07, 6.45) is 5.74. The van der Waals surface area contributed by atoms with Gasteiger partial charge in [0.2, 0.25) is 0 Å². The van der Waals surface area contributed by atoms with Crippen LogP contribution >= 0.6 is 15.9 Å². The lowest BCUT2D eigenvalue weighted by Gasteiger charge is -2.41. The molecule has 1 aliphatic carbocycles. The molecule has 0 unspecified atom stereocenters. The molecule has 1 aromatic heterocycles. The predicted molar refractivity (Wildman–Crippen MR) is 160 cm³/mol. The average Bonchev–Trinajstić information content (AvgIpc) is 3.43. The van der Waals surface area contributed by atoms with E-state index in [4.69, 9.17) is 19.2 Å². The zero-order valence-corrected chi connectivity index (χ0v) is 25.3. The van der Waals surface area contributed by atoms with Crippen molar-refractivity contribution in [3.63, 3.8) is 0 Å². The van der Waals surface area contributed by atoms with Crippen molar-refractivity contribution < 1.29 is 24.1 Å². The largest absolute Gasteiger partial charge is 0.493 e. The first-order chi connectivity index (χ1) is 19.9. The summed E-state index contributed by atoms with van der Waals surface area (Å²) in [5, 5.41) is 15.1. The summed E-state index contributed by atoms with van der Waals surface area (Å²) in [5.41, 5.74) is 1.02. The molecule has 3 atom stereocenters. The summed E-state index contributed by atoms with van der Waals surface area (Å²) in [5.74, 6) is 1.21. The van der Waals surface area contributed by atoms with Crippen molar-refractivity contribution in [2.45, 2.75) is 49.8 Å². The number of imidazole rings is 1. The smallest absolute Gasteiger partial charge is 0.275 e. The molecular weight excluding hydrogens is 588 g/mol. The van der Waals surface area contributed by atoms with E-state index < -0.39 is 5.60 Å². The van der Waals surface area contributed by atoms with Crippen LogP contribution in [0.1, 0.15) is 48.6 Å². The van der Waals surface area contributed by atoms with Crippen molar-refractivity contribution in [2.75, 3.05) is 47.1 Å². The molecule has 3 aromatic rings. The van der Waals surface area contributed by atoms with E-state index >= 15 is 0 Å². The second-order valence-corrected chi connectivity index (χ2v) is 11.7. The highest BCUT2D eigenvalue weighted by molar-refractivity contribution is 9.10. The fourth-order valence-corrected chi connectivity index (χ4v) is 6.48. The number of hydrogen-bond acceptors (Lipinski definition) is 7. The maximum Gasteiger partial charge on any atom is 0.275 e. The van der Waals surface area contributed by atoms with E-state index in [1.165, 1.54) is 0 Å². The van der Waals surface area contributed by atoms with Crippen LogP contribution in [0, 0.1) is 0 Å². The SMILES string of the molecule is COC[C@]1(O)CCCC[C@H]1n1cnc(C(=O)N2CCNC[C@H]2CCOc2ccc(Br)cc2OC)c1-c1ccccc1. The number of ether oxygens (including phenoxy) is 3. The van der Waals surface area contributed by atoms with E-state index in [9.17, 15) is 9.90 Å². The topological polar surface area (TPSA) is 98.1 Å². The van der Waals surface area contributed by atoms with Crippen LogP contribution in [0.5, 0.6) is 11.5 Å². The van der Waals surface area contributed by atoms with Gasteiger partial charge in [0.15, 0.2) is 17.2 Å². The number of halogens is 1. The van der Waals surface area contributed by atoms with Crippen LogP contribution in [-0.4, -0.2) is 84.2 Å². The van der Waals surface area contributed by atoms with Crippen molar-refractivity contribution in [1.29, 1.82) is 0 Å². The van der Waals surface area contributed by atoms with Crippen molar-refractivity contribution >= 4 is 21.8 Å². The van der Waals surface area contributed by atoms with Crippen molar-refractivity contribution in [2.24, 2.45) is 0 Å². The molecule has 1 saturated carbocycles. The number of hydrogen-bond donors (Lipinski definition) is 2. The number of nitrogens with zero attached hydrogens (tertiary/aromatic N) is 3. The Bertz CT molecular complexity index is 1320. The quantitative estimate of drug-likeness (QED) is 0.337. The van der Waals surface area contributed by atoms with Gasteiger partial charge in [-0.05, 0) is 31.0 Å². The van der Waals surface area contributed by atoms with Crippen LogP contribution in [0.15, 0.2) is 59.3 Å². The lowest BCUT2D eigenvalue weighted by molar-refractivity contribution is -0.0893. The van der Waals surface area contributed by atoms with Gasteiger partial charge in [-0.25, -0.2) is 4.98 Å². The van der Waals surface area contributed by atoms with Gasteiger partial charge < -0.3 is 34.1 Å². The normalized spacial score (nSPS) is 22.9. The number of methoxy groups -OCH3 is 2. The molecule has 41 heavy (non-hydrogen) atoms. The number of benzene rings is 2. The number of rotatable bonds is 10. The second kappa shape index (κ2) is 13.4. The average molecular weight is 628 g/mol. The Morgan fingerprint density at radius 3 is 2.78 bits per heavy atom. The number of amides is 1. The van der Waals surface area contributed by atoms with Crippen LogP contribution in [0.3, 0.4) is 0 Å². The minimum Gasteiger partial charge on any atom is -0.493 e. The maximum absolute atomic E-state index is 14.2. The van der Waals surface area contributed by atoms with Gasteiger partial charge in [0.1, 0.15) is 5.60 Å². The number of piperazine rings is 1. The van der Waals surface area contributed by atoms with E-state index in [1.807, 2.05) is 58.0 Å². The van der Waals surface area contributed by atoms with Crippen molar-refractivity contribution in [3.05, 3.63) is 65.0 Å². The van der Waals surface area contributed by atoms with Crippen LogP contribution in [0.2, 0.25) is 0 Å². The zero-order valence-electron chi connectivity index (χ0n) is 23.7. The minimum atomic E-state index is -1.03. The Hall–Kier alpha value is -2.92. The van der Waals surface area contributed by atoms with Gasteiger partial charge in [0.05, 0.1) is 38.4 Å². The first kappa shape index (κ1) is 29.6. The van der Waals surface area contributed by atoms with Gasteiger partial charge in [-0.2, -0.15) is 0 Å². The molecular formula is C31H39BrN4O5. The van der Waals surface area contributed by atoms with Crippen LogP contribution < -0.4 is 14.8 Å². The molecule has 220 valence electrons. The standard InChI is InChI=1S/C31H39BrN4O5/c1-39-20-31(38)14-7-6-10-27(31)36-21-34-28(29(36)22-8-4-3-5-9-22)30(37)35-16-15-33-19-24(35)13-17-41-25-12-11-23(32)18-26(25)40-2/h3-5,8-9,11-12,18,21,24,27,33,38H,6-7,10,13-17,19-20H2,1-2H3/t24-,27-,31-/m1/s1. The molecule has 1 aliphatic heterocycles. The molecule has 2 aromatic carbocycles. The Labute approximate surface area is 249 Å². The summed E-state index contributed by atoms with van der Waals surface area (Å²) < 4.78 is 19.9. The number of aliphatic hydroxyl groups is 1. The van der Waals surface area contributed by atoms with Gasteiger partial charge >= 0.3 is 0 Å². The Balaban J connectivity index is 1.41. The highest BCUT2D eigenvalue weighted by atomic mass is 79.9. The first-order valence-electron chi connectivity index (χ1n) is 14.3. The molecule has 10 heteroatoms. The Morgan fingerprint density at radius 1 is 1.17 bits per heavy atom. The third kappa shape index (κ3) is 6.45. The van der Waals surface area contributed by atoms with Crippen LogP contribution in [0.4, 0.5) is 0 Å². The minimum absolute atomic E-state index is 0.0634. The number of aromatic nitrogens is 2. The molecule has 2 heterocycles. The first-order valence-corrected chi connectivity index (χ1v) is 15.1. The summed E-state index contributed by atoms with van der Waals surface area (Å²) >= 11 is 3.46. The lowest BCUT2D eigenvalue weighted by Crippen LogP contribution is -2.54. The lowest BCUT2D eigenvalue weighted by atomic mass is 9.80. The van der Waals surface area contributed by atoms with E-state index in [-0.39, 0.29) is 24.6 Å². The second-order valence-electron chi connectivity index (χ2n) is 10.8. The molecule has 2 fully saturated rings. The molecule has 1 saturated heterocycles. The molecule has 0 radical (unpaired) electrons. The number of carbonyl (C=O) groups is 1. The molecule has 1 amide bonds. The zero-order chi connectivity index (χ0) is 28.8. The molecule has 0 spiro atoms. The third-order valence-corrected chi connectivity index (χ3v) is 8.67. The summed E-state index contributed by atoms with van der Waals surface area (Å²) in [7, 11) is 3.23. The summed E-state index contributed by atoms with van der Waals surface area (Å²) in [4.78, 5) is 20.9. The molecule has 0 bridgehead atoms. The van der Waals surface area contributed by atoms with Gasteiger partial charge in [0.25, 0.3) is 5.91 Å². The fraction of sp³-hybridized carbons (Fsp3) is 0.484. The number of carbonyl (C=O) groups excluding carboxylic acids is 1. The van der Waals surface area contributed by atoms with Gasteiger partial charge in [0, 0.05) is 49.2 Å². The molecule has 2 aliphatic rings. The van der Waals surface area contributed by atoms with Gasteiger partial charge in [-0.15, -0.1) is 0 Å². The van der Waals surface area contributed by atoms with Gasteiger partial charge in [-0.1, -0.05) is 59.1 Å². The van der Waals surface area contributed by atoms with E-state index in [1.54, 1.807) is 20.5 Å². The van der Waals surface area contributed by atoms with Gasteiger partial charge in [-0.3, -0.25) is 4.79 Å². The van der Waals surface area contributed by atoms with Crippen molar-refractivity contribution in [3.8, 4) is 22.8 Å². The number of nitrogens with one attached hydrogen (secondary N) is 1. The fourth-order valence-electron chi connectivity index (χ4n) is 6.14. The summed E-state index contributed by atoms with van der Waals surface area (Å²) in [6.45, 7) is 2.62. The summed E-state index contributed by atoms with van der Waals surface area (Å²) in [6, 6.07) is 15.2. The highest BCUT2D eigenvalue weighted by Crippen LogP contribution is 2.41. The van der Waals surface area contributed by atoms with Crippen LogP contribution in [0.25, 0.3) is 11.3 Å². The maximum atomic E-state index is 14.2. The Morgan fingerprint density at radius 2 is 2.00 bits per heavy atom. The van der Waals surface area contributed by atoms with Crippen molar-refractivity contribution in [1.82, 2.24) is 19.8 Å². The molecule has 5 rings (SSSR count). The third-order valence-electron chi connectivity index (χ3n) is 8.18. The Kier molecular flexibility index (Phi) is 9.64. The monoisotopic (exact) mass is 626 g/mol. The molecule has 2 N–H and O–H groups in total.